The second kappa shape index (κ2) is 8.49. The first-order chi connectivity index (χ1) is 11.9. The summed E-state index contributed by atoms with van der Waals surface area (Å²) in [5.41, 5.74) is 0.854. The van der Waals surface area contributed by atoms with Gasteiger partial charge in [-0.25, -0.2) is 9.78 Å². The zero-order chi connectivity index (χ0) is 18.3. The number of hydrogen-bond acceptors (Lipinski definition) is 4. The average molecular weight is 366 g/mol. The average Bonchev–Trinajstić information content (AvgIpc) is 3.04. The lowest BCUT2D eigenvalue weighted by Crippen LogP contribution is -2.30. The van der Waals surface area contributed by atoms with Crippen molar-refractivity contribution < 1.29 is 13.2 Å². The van der Waals surface area contributed by atoms with Gasteiger partial charge in [-0.2, -0.15) is 12.7 Å². The molecular formula is C15H22N6O3S. The number of amides is 2. The number of nitrogens with zero attached hydrogens (tertiary/aromatic N) is 2. The number of rotatable bonds is 8. The van der Waals surface area contributed by atoms with Gasteiger partial charge in [0, 0.05) is 45.1 Å². The Balaban J connectivity index is 1.81. The van der Waals surface area contributed by atoms with Crippen LogP contribution >= 0.6 is 0 Å². The fourth-order valence-corrected chi connectivity index (χ4v) is 2.58. The Morgan fingerprint density at radius 3 is 2.72 bits per heavy atom. The van der Waals surface area contributed by atoms with Crippen LogP contribution in [0.2, 0.25) is 0 Å². The van der Waals surface area contributed by atoms with E-state index >= 15 is 0 Å². The van der Waals surface area contributed by atoms with Gasteiger partial charge >= 0.3 is 16.2 Å². The molecule has 0 spiro atoms. The summed E-state index contributed by atoms with van der Waals surface area (Å²) in [5.74, 6) is 0.878. The third kappa shape index (κ3) is 6.08. The quantitative estimate of drug-likeness (QED) is 0.528. The van der Waals surface area contributed by atoms with Gasteiger partial charge in [0.2, 0.25) is 0 Å². The van der Waals surface area contributed by atoms with Crippen molar-refractivity contribution in [3.05, 3.63) is 42.5 Å². The normalized spacial score (nSPS) is 11.3. The zero-order valence-corrected chi connectivity index (χ0v) is 14.9. The van der Waals surface area contributed by atoms with Crippen LogP contribution in [-0.4, -0.2) is 49.4 Å². The number of H-pyrrole nitrogens is 1. The Kier molecular flexibility index (Phi) is 6.37. The number of imidazole rings is 1. The lowest BCUT2D eigenvalue weighted by molar-refractivity contribution is 0.252. The van der Waals surface area contributed by atoms with Crippen LogP contribution in [0.4, 0.5) is 16.2 Å². The second-order valence-electron chi connectivity index (χ2n) is 5.49. The van der Waals surface area contributed by atoms with Crippen LogP contribution in [0.3, 0.4) is 0 Å². The lowest BCUT2D eigenvalue weighted by atomic mass is 10.3. The molecule has 0 radical (unpaired) electrons. The first-order valence-electron chi connectivity index (χ1n) is 7.70. The lowest BCUT2D eigenvalue weighted by Gasteiger charge is -2.14. The van der Waals surface area contributed by atoms with Crippen molar-refractivity contribution in [2.45, 2.75) is 12.8 Å². The molecule has 0 atom stereocenters. The van der Waals surface area contributed by atoms with E-state index in [0.717, 1.165) is 23.0 Å². The molecule has 0 saturated carbocycles. The largest absolute Gasteiger partial charge is 0.349 e. The van der Waals surface area contributed by atoms with Crippen LogP contribution in [0.15, 0.2) is 36.7 Å². The van der Waals surface area contributed by atoms with Crippen molar-refractivity contribution in [2.24, 2.45) is 0 Å². The minimum Gasteiger partial charge on any atom is -0.349 e. The summed E-state index contributed by atoms with van der Waals surface area (Å²) < 4.78 is 27.1. The van der Waals surface area contributed by atoms with Crippen molar-refractivity contribution >= 4 is 27.6 Å². The summed E-state index contributed by atoms with van der Waals surface area (Å²) in [6, 6.07) is 6.12. The Labute approximate surface area is 147 Å². The topological polar surface area (TPSA) is 119 Å². The van der Waals surface area contributed by atoms with Crippen molar-refractivity contribution in [1.82, 2.24) is 19.6 Å². The third-order valence-corrected chi connectivity index (χ3v) is 4.73. The highest BCUT2D eigenvalue weighted by molar-refractivity contribution is 7.90. The van der Waals surface area contributed by atoms with E-state index in [9.17, 15) is 13.2 Å². The van der Waals surface area contributed by atoms with Crippen molar-refractivity contribution in [2.75, 3.05) is 30.7 Å². The van der Waals surface area contributed by atoms with Crippen molar-refractivity contribution in [1.29, 1.82) is 0 Å². The van der Waals surface area contributed by atoms with Crippen LogP contribution in [0, 0.1) is 0 Å². The SMILES string of the molecule is CN(C)S(=O)(=O)Nc1cccc(NC(=O)NCCCc2ncc[nH]2)c1. The fraction of sp³-hybridized carbons (Fsp3) is 0.333. The molecule has 136 valence electrons. The molecule has 0 saturated heterocycles. The zero-order valence-electron chi connectivity index (χ0n) is 14.1. The van der Waals surface area contributed by atoms with E-state index < -0.39 is 10.2 Å². The van der Waals surface area contributed by atoms with Gasteiger partial charge in [0.25, 0.3) is 0 Å². The molecular weight excluding hydrogens is 344 g/mol. The molecule has 0 unspecified atom stereocenters. The van der Waals surface area contributed by atoms with Crippen LogP contribution < -0.4 is 15.4 Å². The minimum absolute atomic E-state index is 0.355. The standard InChI is InChI=1S/C15H22N6O3S/c1-21(2)25(23,24)20-13-6-3-5-12(11-13)19-15(22)18-8-4-7-14-16-9-10-17-14/h3,5-6,9-11,20H,4,7-8H2,1-2H3,(H,16,17)(H2,18,19,22). The van der Waals surface area contributed by atoms with Gasteiger partial charge in [0.1, 0.15) is 5.82 Å². The highest BCUT2D eigenvalue weighted by atomic mass is 32.2. The molecule has 25 heavy (non-hydrogen) atoms. The number of nitrogens with one attached hydrogen (secondary N) is 4. The number of hydrogen-bond donors (Lipinski definition) is 4. The summed E-state index contributed by atoms with van der Waals surface area (Å²) in [4.78, 5) is 19.0. The van der Waals surface area contributed by atoms with Gasteiger partial charge in [0.15, 0.2) is 0 Å². The fourth-order valence-electron chi connectivity index (χ4n) is 1.97. The number of aromatic nitrogens is 2. The van der Waals surface area contributed by atoms with Crippen LogP contribution in [-0.2, 0) is 16.6 Å². The third-order valence-electron chi connectivity index (χ3n) is 3.28. The van der Waals surface area contributed by atoms with E-state index in [1.165, 1.54) is 14.1 Å². The molecule has 2 rings (SSSR count). The molecule has 0 aliphatic rings. The monoisotopic (exact) mass is 366 g/mol. The smallest absolute Gasteiger partial charge is 0.319 e. The maximum atomic E-state index is 11.9. The molecule has 10 heteroatoms. The van der Waals surface area contributed by atoms with Gasteiger partial charge in [-0.05, 0) is 24.6 Å². The number of urea groups is 1. The summed E-state index contributed by atoms with van der Waals surface area (Å²) in [5, 5.41) is 5.41. The number of carbonyl (C=O) groups excluding carboxylic acids is 1. The Hall–Kier alpha value is -2.59. The number of carbonyl (C=O) groups is 1. The van der Waals surface area contributed by atoms with Gasteiger partial charge in [-0.1, -0.05) is 6.07 Å². The van der Waals surface area contributed by atoms with E-state index in [0.29, 0.717) is 17.9 Å². The Morgan fingerprint density at radius 2 is 2.04 bits per heavy atom. The van der Waals surface area contributed by atoms with Crippen LogP contribution in [0.1, 0.15) is 12.2 Å². The molecule has 1 aromatic heterocycles. The second-order valence-corrected chi connectivity index (χ2v) is 7.38. The van der Waals surface area contributed by atoms with Gasteiger partial charge < -0.3 is 15.6 Å². The number of aromatic amines is 1. The molecule has 0 aliphatic heterocycles. The molecule has 0 aliphatic carbocycles. The predicted octanol–water partition coefficient (Wildman–Crippen LogP) is 1.38. The van der Waals surface area contributed by atoms with E-state index in [1.807, 2.05) is 0 Å². The summed E-state index contributed by atoms with van der Waals surface area (Å²) in [6.45, 7) is 0.499. The van der Waals surface area contributed by atoms with Gasteiger partial charge in [-0.15, -0.1) is 0 Å². The summed E-state index contributed by atoms with van der Waals surface area (Å²) in [6.07, 6.45) is 4.94. The maximum absolute atomic E-state index is 11.9. The van der Waals surface area contributed by atoms with Crippen LogP contribution in [0.25, 0.3) is 0 Å². The Morgan fingerprint density at radius 1 is 1.28 bits per heavy atom. The van der Waals surface area contributed by atoms with Crippen LogP contribution in [0.5, 0.6) is 0 Å². The molecule has 9 nitrogen and oxygen atoms in total. The highest BCUT2D eigenvalue weighted by Crippen LogP contribution is 2.16. The molecule has 0 fully saturated rings. The molecule has 0 bridgehead atoms. The molecule has 2 amide bonds. The van der Waals surface area contributed by atoms with Crippen molar-refractivity contribution in [3.63, 3.8) is 0 Å². The summed E-state index contributed by atoms with van der Waals surface area (Å²) in [7, 11) is -0.727. The first-order valence-corrected chi connectivity index (χ1v) is 9.14. The van der Waals surface area contributed by atoms with E-state index in [4.69, 9.17) is 0 Å². The Bertz CT molecular complexity index is 789. The predicted molar refractivity (Wildman–Crippen MR) is 96.6 cm³/mol. The number of aryl methyl sites for hydroxylation is 1. The number of anilines is 2. The molecule has 1 aromatic carbocycles. The van der Waals surface area contributed by atoms with Crippen molar-refractivity contribution in [3.8, 4) is 0 Å². The van der Waals surface area contributed by atoms with Gasteiger partial charge in [0.05, 0.1) is 5.69 Å². The molecule has 4 N–H and O–H groups in total. The number of benzene rings is 1. The maximum Gasteiger partial charge on any atom is 0.319 e. The van der Waals surface area contributed by atoms with Gasteiger partial charge in [-0.3, -0.25) is 4.72 Å². The van der Waals surface area contributed by atoms with E-state index in [-0.39, 0.29) is 6.03 Å². The first kappa shape index (κ1) is 18.7. The molecule has 2 aromatic rings. The summed E-state index contributed by atoms with van der Waals surface area (Å²) >= 11 is 0. The van der Waals surface area contributed by atoms with E-state index in [1.54, 1.807) is 36.7 Å². The highest BCUT2D eigenvalue weighted by Gasteiger charge is 2.13. The van der Waals surface area contributed by atoms with E-state index in [2.05, 4.69) is 25.3 Å². The molecule has 1 heterocycles. The minimum atomic E-state index is -3.59.